The Bertz CT molecular complexity index is 1050. The van der Waals surface area contributed by atoms with Crippen molar-refractivity contribution in [2.45, 2.75) is 6.54 Å². The molecule has 3 aromatic rings. The second-order valence-corrected chi connectivity index (χ2v) is 6.72. The molecule has 0 bridgehead atoms. The maximum absolute atomic E-state index is 10.5. The minimum absolute atomic E-state index is 0. The maximum atomic E-state index is 10.5. The Labute approximate surface area is 170 Å². The van der Waals surface area contributed by atoms with Crippen LogP contribution in [0.5, 0.6) is 17.2 Å². The molecule has 146 valence electrons. The summed E-state index contributed by atoms with van der Waals surface area (Å²) in [6.45, 7) is 1.52. The highest BCUT2D eigenvalue weighted by atomic mass is 35.5. The minimum atomic E-state index is 0. The molecular formula is C22H23ClNO4+. The SMILES string of the molecule is COc1cccc(/C=C2/CN(C)Cc3cc4cccc(OC)c4[o+]c32)c1O.Cl. The van der Waals surface area contributed by atoms with Crippen molar-refractivity contribution in [2.24, 2.45) is 0 Å². The van der Waals surface area contributed by atoms with E-state index in [4.69, 9.17) is 13.9 Å². The molecule has 0 unspecified atom stereocenters. The van der Waals surface area contributed by atoms with Gasteiger partial charge in [-0.25, -0.2) is 4.42 Å². The number of hydrogen-bond acceptors (Lipinski definition) is 4. The zero-order valence-electron chi connectivity index (χ0n) is 16.1. The van der Waals surface area contributed by atoms with Crippen molar-refractivity contribution in [2.75, 3.05) is 27.8 Å². The number of halogens is 1. The van der Waals surface area contributed by atoms with Crippen molar-refractivity contribution in [3.63, 3.8) is 0 Å². The quantitative estimate of drug-likeness (QED) is 0.637. The third kappa shape index (κ3) is 3.51. The van der Waals surface area contributed by atoms with Gasteiger partial charge in [0.1, 0.15) is 0 Å². The van der Waals surface area contributed by atoms with Crippen molar-refractivity contribution >= 4 is 35.0 Å². The Balaban J connectivity index is 0.00000225. The van der Waals surface area contributed by atoms with Crippen molar-refractivity contribution in [1.82, 2.24) is 4.90 Å². The molecule has 1 aliphatic rings. The molecule has 2 heterocycles. The van der Waals surface area contributed by atoms with Gasteiger partial charge in [0.25, 0.3) is 0 Å². The monoisotopic (exact) mass is 400 g/mol. The zero-order chi connectivity index (χ0) is 19.0. The molecule has 0 atom stereocenters. The first-order valence-electron chi connectivity index (χ1n) is 8.79. The van der Waals surface area contributed by atoms with Crippen LogP contribution in [0.1, 0.15) is 16.9 Å². The molecule has 0 fully saturated rings. The number of likely N-dealkylation sites (N-methyl/N-ethyl adjacent to an activating group) is 1. The average Bonchev–Trinajstić information content (AvgIpc) is 2.67. The number of phenolic OH excluding ortho intramolecular Hbond substituents is 1. The molecular weight excluding hydrogens is 378 g/mol. The molecule has 0 amide bonds. The number of phenols is 1. The van der Waals surface area contributed by atoms with Gasteiger partial charge in [0.15, 0.2) is 11.5 Å². The lowest BCUT2D eigenvalue weighted by Gasteiger charge is -2.22. The third-order valence-corrected chi connectivity index (χ3v) is 4.81. The Morgan fingerprint density at radius 1 is 1.04 bits per heavy atom. The van der Waals surface area contributed by atoms with Crippen LogP contribution < -0.4 is 9.47 Å². The molecule has 1 aromatic heterocycles. The Kier molecular flexibility index (Phi) is 5.77. The number of methoxy groups -OCH3 is 2. The standard InChI is InChI=1S/C22H21NO4.ClH/c1-23-12-16(10-14-6-4-8-18(25-2)20(14)24)21-17(13-23)11-15-7-5-9-19(26-3)22(15)27-21;/h4-11H,12-13H2,1-3H3;1H/p+1/b16-10-;. The van der Waals surface area contributed by atoms with Gasteiger partial charge in [0.05, 0.1) is 30.7 Å². The van der Waals surface area contributed by atoms with Crippen LogP contribution in [-0.4, -0.2) is 37.8 Å². The van der Waals surface area contributed by atoms with Crippen LogP contribution in [0.4, 0.5) is 0 Å². The number of aromatic hydroxyl groups is 1. The summed E-state index contributed by atoms with van der Waals surface area (Å²) in [5.74, 6) is 2.11. The third-order valence-electron chi connectivity index (χ3n) is 4.81. The highest BCUT2D eigenvalue weighted by molar-refractivity contribution is 5.89. The number of benzene rings is 2. The highest BCUT2D eigenvalue weighted by Crippen LogP contribution is 2.37. The summed E-state index contributed by atoms with van der Waals surface area (Å²) in [5.41, 5.74) is 3.53. The van der Waals surface area contributed by atoms with E-state index in [1.54, 1.807) is 20.3 Å². The van der Waals surface area contributed by atoms with Crippen LogP contribution in [0.15, 0.2) is 46.9 Å². The van der Waals surface area contributed by atoms with Crippen LogP contribution >= 0.6 is 12.4 Å². The molecule has 0 spiro atoms. The van der Waals surface area contributed by atoms with Gasteiger partial charge >= 0.3 is 11.3 Å². The van der Waals surface area contributed by atoms with E-state index >= 15 is 0 Å². The number of hydrogen-bond donors (Lipinski definition) is 1. The number of rotatable bonds is 3. The predicted molar refractivity (Wildman–Crippen MR) is 113 cm³/mol. The Hall–Kier alpha value is -2.76. The van der Waals surface area contributed by atoms with Gasteiger partial charge in [-0.1, -0.05) is 18.2 Å². The molecule has 1 aliphatic heterocycles. The highest BCUT2D eigenvalue weighted by Gasteiger charge is 2.31. The van der Waals surface area contributed by atoms with Gasteiger partial charge in [-0.15, -0.1) is 12.4 Å². The van der Waals surface area contributed by atoms with Gasteiger partial charge in [0.2, 0.25) is 5.75 Å². The van der Waals surface area contributed by atoms with E-state index in [0.29, 0.717) is 23.6 Å². The van der Waals surface area contributed by atoms with Gasteiger partial charge in [-0.2, -0.15) is 0 Å². The van der Waals surface area contributed by atoms with Crippen LogP contribution in [0.25, 0.3) is 22.6 Å². The van der Waals surface area contributed by atoms with Crippen molar-refractivity contribution in [1.29, 1.82) is 0 Å². The van der Waals surface area contributed by atoms with Crippen LogP contribution in [-0.2, 0) is 6.54 Å². The normalized spacial score (nSPS) is 15.2. The van der Waals surface area contributed by atoms with Crippen molar-refractivity contribution in [3.05, 3.63) is 59.4 Å². The summed E-state index contributed by atoms with van der Waals surface area (Å²) in [6.07, 6.45) is 1.96. The van der Waals surface area contributed by atoms with E-state index < -0.39 is 0 Å². The van der Waals surface area contributed by atoms with E-state index in [-0.39, 0.29) is 18.2 Å². The molecule has 2 aromatic carbocycles. The fourth-order valence-electron chi connectivity index (χ4n) is 3.56. The molecule has 0 saturated heterocycles. The fourth-order valence-corrected chi connectivity index (χ4v) is 3.56. The second kappa shape index (κ2) is 8.09. The Morgan fingerprint density at radius 2 is 1.75 bits per heavy atom. The summed E-state index contributed by atoms with van der Waals surface area (Å²) in [5, 5.41) is 11.5. The molecule has 4 rings (SSSR count). The molecule has 5 nitrogen and oxygen atoms in total. The summed E-state index contributed by atoms with van der Waals surface area (Å²) in [4.78, 5) is 2.22. The van der Waals surface area contributed by atoms with Gasteiger partial charge in [-0.05, 0) is 37.4 Å². The average molecular weight is 401 g/mol. The first-order chi connectivity index (χ1) is 13.1. The van der Waals surface area contributed by atoms with Gasteiger partial charge in [-0.3, -0.25) is 4.90 Å². The van der Waals surface area contributed by atoms with E-state index in [0.717, 1.165) is 34.4 Å². The molecule has 1 N–H and O–H groups in total. The summed E-state index contributed by atoms with van der Waals surface area (Å²) < 4.78 is 17.0. The van der Waals surface area contributed by atoms with Gasteiger partial charge in [0, 0.05) is 18.7 Å². The summed E-state index contributed by atoms with van der Waals surface area (Å²) >= 11 is 0. The molecule has 6 heteroatoms. The maximum Gasteiger partial charge on any atom is 0.402 e. The number of para-hydroxylation sites is 2. The predicted octanol–water partition coefficient (Wildman–Crippen LogP) is 4.84. The van der Waals surface area contributed by atoms with E-state index in [2.05, 4.69) is 18.0 Å². The molecule has 0 saturated carbocycles. The first kappa shape index (κ1) is 20.0. The number of fused-ring (bicyclic) bond motifs is 2. The fraction of sp³-hybridized carbons (Fsp3) is 0.227. The van der Waals surface area contributed by atoms with E-state index in [1.165, 1.54) is 0 Å². The topological polar surface area (TPSA) is 53.2 Å². The van der Waals surface area contributed by atoms with Crippen molar-refractivity contribution in [3.8, 4) is 17.2 Å². The molecule has 0 aliphatic carbocycles. The van der Waals surface area contributed by atoms with Gasteiger partial charge < -0.3 is 14.6 Å². The van der Waals surface area contributed by atoms with Crippen LogP contribution in [0, 0.1) is 0 Å². The summed E-state index contributed by atoms with van der Waals surface area (Å²) in [6, 6.07) is 13.5. The minimum Gasteiger partial charge on any atom is -0.504 e. The van der Waals surface area contributed by atoms with E-state index in [1.807, 2.05) is 36.4 Å². The number of ether oxygens (including phenoxy) is 2. The second-order valence-electron chi connectivity index (χ2n) is 6.72. The lowest BCUT2D eigenvalue weighted by Crippen LogP contribution is -2.25. The first-order valence-corrected chi connectivity index (χ1v) is 8.79. The lowest BCUT2D eigenvalue weighted by atomic mass is 9.98. The number of nitrogens with zero attached hydrogens (tertiary/aromatic N) is 1. The molecule has 0 radical (unpaired) electrons. The van der Waals surface area contributed by atoms with Crippen LogP contribution in [0.3, 0.4) is 0 Å². The molecule has 28 heavy (non-hydrogen) atoms. The lowest BCUT2D eigenvalue weighted by molar-refractivity contribution is 0.344. The Morgan fingerprint density at radius 3 is 2.50 bits per heavy atom. The zero-order valence-corrected chi connectivity index (χ0v) is 16.9. The van der Waals surface area contributed by atoms with E-state index in [9.17, 15) is 5.11 Å². The largest absolute Gasteiger partial charge is 0.504 e. The van der Waals surface area contributed by atoms with Crippen LogP contribution in [0.2, 0.25) is 0 Å². The summed E-state index contributed by atoms with van der Waals surface area (Å²) in [7, 11) is 5.25. The smallest absolute Gasteiger partial charge is 0.402 e. The van der Waals surface area contributed by atoms with Crippen molar-refractivity contribution < 1.29 is 19.0 Å².